The molecule has 1 aromatic rings. The molecule has 3 nitrogen and oxygen atoms in total. The average Bonchev–Trinajstić information content (AvgIpc) is 3.25. The zero-order chi connectivity index (χ0) is 14.8. The summed E-state index contributed by atoms with van der Waals surface area (Å²) < 4.78 is 0. The number of benzene rings is 1. The molecule has 0 spiro atoms. The molecular weight excluding hydrogens is 270 g/mol. The van der Waals surface area contributed by atoms with Gasteiger partial charge in [-0.1, -0.05) is 18.2 Å². The molecule has 0 bridgehead atoms. The van der Waals surface area contributed by atoms with Crippen molar-refractivity contribution >= 4 is 11.3 Å². The van der Waals surface area contributed by atoms with E-state index in [-0.39, 0.29) is 6.04 Å². The van der Waals surface area contributed by atoms with Gasteiger partial charge in [-0.3, -0.25) is 4.90 Å². The Balaban J connectivity index is 1.60. The highest BCUT2D eigenvalue weighted by atomic mass is 15.2. The monoisotopic (exact) mass is 295 g/mol. The standard InChI is InChI=1S/C19H25N3/c1-11-15-8-18-16(14-3-2-4-17(21-11)19(14)15)7-13(20)10-22(18)9-12-5-6-12/h2-4,7,11-13,15,18,21H,5-6,8-10,20H2,1H3/t11-,13+,15?,18-/m1/s1. The fraction of sp³-hybridized carbons (Fsp3) is 0.579. The maximum absolute atomic E-state index is 6.37. The number of fused-ring (bicyclic) bond motifs is 2. The highest BCUT2D eigenvalue weighted by Crippen LogP contribution is 2.50. The fourth-order valence-electron chi connectivity index (χ4n) is 4.87. The van der Waals surface area contributed by atoms with Crippen molar-refractivity contribution in [2.75, 3.05) is 18.4 Å². The summed E-state index contributed by atoms with van der Waals surface area (Å²) >= 11 is 0. The van der Waals surface area contributed by atoms with Crippen LogP contribution in [0.2, 0.25) is 0 Å². The number of nitrogens with one attached hydrogen (secondary N) is 1. The first-order valence-electron chi connectivity index (χ1n) is 8.82. The molecule has 2 aliphatic carbocycles. The van der Waals surface area contributed by atoms with E-state index >= 15 is 0 Å². The zero-order valence-corrected chi connectivity index (χ0v) is 13.3. The minimum Gasteiger partial charge on any atom is -0.382 e. The van der Waals surface area contributed by atoms with Gasteiger partial charge in [-0.15, -0.1) is 0 Å². The van der Waals surface area contributed by atoms with Crippen molar-refractivity contribution < 1.29 is 0 Å². The Labute approximate surface area is 132 Å². The van der Waals surface area contributed by atoms with E-state index in [1.807, 2.05) is 0 Å². The van der Waals surface area contributed by atoms with E-state index < -0.39 is 0 Å². The van der Waals surface area contributed by atoms with Crippen LogP contribution < -0.4 is 11.1 Å². The van der Waals surface area contributed by atoms with Gasteiger partial charge in [0.1, 0.15) is 0 Å². The van der Waals surface area contributed by atoms with Crippen molar-refractivity contribution in [3.63, 3.8) is 0 Å². The highest BCUT2D eigenvalue weighted by Gasteiger charge is 2.43. The van der Waals surface area contributed by atoms with Crippen molar-refractivity contribution in [2.24, 2.45) is 11.7 Å². The molecule has 1 aromatic carbocycles. The number of rotatable bonds is 2. The lowest BCUT2D eigenvalue weighted by atomic mass is 9.73. The molecule has 1 unspecified atom stereocenters. The summed E-state index contributed by atoms with van der Waals surface area (Å²) in [6.07, 6.45) is 6.44. The average molecular weight is 295 g/mol. The lowest BCUT2D eigenvalue weighted by Crippen LogP contribution is -2.50. The van der Waals surface area contributed by atoms with E-state index in [1.165, 1.54) is 42.6 Å². The lowest BCUT2D eigenvalue weighted by Gasteiger charge is -2.44. The van der Waals surface area contributed by atoms with Gasteiger partial charge in [-0.25, -0.2) is 0 Å². The van der Waals surface area contributed by atoms with Crippen LogP contribution in [0.5, 0.6) is 0 Å². The molecule has 116 valence electrons. The normalized spacial score (nSPS) is 36.4. The maximum atomic E-state index is 6.37. The number of nitrogens with two attached hydrogens (primary N) is 1. The Bertz CT molecular complexity index is 646. The van der Waals surface area contributed by atoms with Gasteiger partial charge in [-0.2, -0.15) is 0 Å². The van der Waals surface area contributed by atoms with Crippen LogP contribution in [0.3, 0.4) is 0 Å². The molecule has 4 aliphatic rings. The summed E-state index contributed by atoms with van der Waals surface area (Å²) in [5.41, 5.74) is 12.2. The van der Waals surface area contributed by atoms with Gasteiger partial charge in [0.2, 0.25) is 0 Å². The molecule has 3 N–H and O–H groups in total. The van der Waals surface area contributed by atoms with Crippen molar-refractivity contribution in [1.29, 1.82) is 0 Å². The third-order valence-electron chi connectivity index (χ3n) is 6.08. The SMILES string of the molecule is C[C@H]1Nc2cccc3c2C1C[C@@H]1C3=C[C@H](N)CN1CC1CC1. The van der Waals surface area contributed by atoms with Gasteiger partial charge >= 0.3 is 0 Å². The van der Waals surface area contributed by atoms with Crippen LogP contribution in [0, 0.1) is 5.92 Å². The van der Waals surface area contributed by atoms with Crippen molar-refractivity contribution in [3.05, 3.63) is 35.4 Å². The summed E-state index contributed by atoms with van der Waals surface area (Å²) in [5.74, 6) is 1.59. The highest BCUT2D eigenvalue weighted by molar-refractivity contribution is 5.82. The van der Waals surface area contributed by atoms with E-state index in [4.69, 9.17) is 5.73 Å². The van der Waals surface area contributed by atoms with Gasteiger partial charge in [0.05, 0.1) is 0 Å². The Morgan fingerprint density at radius 1 is 1.32 bits per heavy atom. The molecule has 1 saturated carbocycles. The molecule has 22 heavy (non-hydrogen) atoms. The second-order valence-corrected chi connectivity index (χ2v) is 7.74. The number of hydrogen-bond acceptors (Lipinski definition) is 3. The Morgan fingerprint density at radius 3 is 3.00 bits per heavy atom. The summed E-state index contributed by atoms with van der Waals surface area (Å²) in [4.78, 5) is 2.69. The molecule has 2 heterocycles. The van der Waals surface area contributed by atoms with E-state index in [2.05, 4.69) is 41.4 Å². The number of hydrogen-bond donors (Lipinski definition) is 2. The molecule has 5 rings (SSSR count). The Morgan fingerprint density at radius 2 is 2.18 bits per heavy atom. The predicted molar refractivity (Wildman–Crippen MR) is 90.9 cm³/mol. The molecular formula is C19H25N3. The smallest absolute Gasteiger partial charge is 0.0384 e. The third-order valence-corrected chi connectivity index (χ3v) is 6.08. The minimum absolute atomic E-state index is 0.184. The van der Waals surface area contributed by atoms with Crippen LogP contribution in [-0.2, 0) is 0 Å². The minimum atomic E-state index is 0.184. The van der Waals surface area contributed by atoms with Crippen molar-refractivity contribution in [3.8, 4) is 0 Å². The molecule has 3 heteroatoms. The van der Waals surface area contributed by atoms with Gasteiger partial charge in [0.15, 0.2) is 0 Å². The Kier molecular flexibility index (Phi) is 2.74. The first kappa shape index (κ1) is 13.1. The molecule has 0 aromatic heterocycles. The van der Waals surface area contributed by atoms with E-state index in [0.29, 0.717) is 18.0 Å². The predicted octanol–water partition coefficient (Wildman–Crippen LogP) is 2.79. The van der Waals surface area contributed by atoms with Gasteiger partial charge in [0, 0.05) is 42.8 Å². The summed E-state index contributed by atoms with van der Waals surface area (Å²) in [6.45, 7) is 4.62. The van der Waals surface area contributed by atoms with Gasteiger partial charge in [-0.05, 0) is 54.9 Å². The summed E-state index contributed by atoms with van der Waals surface area (Å²) in [5, 5.41) is 3.69. The lowest BCUT2D eigenvalue weighted by molar-refractivity contribution is 0.191. The van der Waals surface area contributed by atoms with Crippen LogP contribution in [0.15, 0.2) is 24.3 Å². The topological polar surface area (TPSA) is 41.3 Å². The van der Waals surface area contributed by atoms with Gasteiger partial charge < -0.3 is 11.1 Å². The molecule has 0 amide bonds. The van der Waals surface area contributed by atoms with Gasteiger partial charge in [0.25, 0.3) is 0 Å². The molecule has 0 saturated heterocycles. The van der Waals surface area contributed by atoms with E-state index in [1.54, 1.807) is 5.56 Å². The largest absolute Gasteiger partial charge is 0.382 e. The van der Waals surface area contributed by atoms with Crippen LogP contribution in [0.25, 0.3) is 5.57 Å². The maximum Gasteiger partial charge on any atom is 0.0384 e. The van der Waals surface area contributed by atoms with Crippen LogP contribution in [0.4, 0.5) is 5.69 Å². The summed E-state index contributed by atoms with van der Waals surface area (Å²) in [6, 6.07) is 8.07. The van der Waals surface area contributed by atoms with Crippen molar-refractivity contribution in [1.82, 2.24) is 4.90 Å². The number of nitrogens with zero attached hydrogens (tertiary/aromatic N) is 1. The molecule has 1 fully saturated rings. The first-order chi connectivity index (χ1) is 10.7. The van der Waals surface area contributed by atoms with E-state index in [9.17, 15) is 0 Å². The second-order valence-electron chi connectivity index (χ2n) is 7.74. The molecule has 2 aliphatic heterocycles. The van der Waals surface area contributed by atoms with Crippen molar-refractivity contribution in [2.45, 2.75) is 50.2 Å². The number of anilines is 1. The quantitative estimate of drug-likeness (QED) is 0.881. The van der Waals surface area contributed by atoms with E-state index in [0.717, 1.165) is 12.5 Å². The second kappa shape index (κ2) is 4.59. The van der Waals surface area contributed by atoms with Crippen LogP contribution in [0.1, 0.15) is 43.2 Å². The third kappa shape index (κ3) is 1.88. The Hall–Kier alpha value is -1.32. The zero-order valence-electron chi connectivity index (χ0n) is 13.3. The summed E-state index contributed by atoms with van der Waals surface area (Å²) in [7, 11) is 0. The fourth-order valence-corrected chi connectivity index (χ4v) is 4.87. The first-order valence-corrected chi connectivity index (χ1v) is 8.82. The van der Waals surface area contributed by atoms with Crippen LogP contribution in [-0.4, -0.2) is 36.1 Å². The van der Waals surface area contributed by atoms with Crippen LogP contribution >= 0.6 is 0 Å². The molecule has 4 atom stereocenters. The molecule has 0 radical (unpaired) electrons.